The average Bonchev–Trinajstić information content (AvgIpc) is 2.47. The number of rotatable bonds is 7. The van der Waals surface area contributed by atoms with E-state index in [4.69, 9.17) is 9.84 Å². The number of carboxylic acid groups (broad SMARTS) is 1. The monoisotopic (exact) mass is 300 g/mol. The second-order valence-corrected chi connectivity index (χ2v) is 5.73. The highest BCUT2D eigenvalue weighted by Crippen LogP contribution is 2.31. The Morgan fingerprint density at radius 2 is 2.00 bits per heavy atom. The molecule has 0 aromatic heterocycles. The molecule has 0 saturated carbocycles. The van der Waals surface area contributed by atoms with E-state index < -0.39 is 11.9 Å². The fraction of sp³-hybridized carbons (Fsp3) is 0.867. The lowest BCUT2D eigenvalue weighted by Gasteiger charge is -2.40. The lowest BCUT2D eigenvalue weighted by Crippen LogP contribution is -2.51. The number of urea groups is 1. The molecule has 1 fully saturated rings. The van der Waals surface area contributed by atoms with E-state index in [9.17, 15) is 9.59 Å². The molecule has 1 saturated heterocycles. The molecule has 0 radical (unpaired) electrons. The summed E-state index contributed by atoms with van der Waals surface area (Å²) in [5.74, 6) is -1.41. The number of ether oxygens (including phenoxy) is 1. The normalized spacial score (nSPS) is 22.3. The molecular formula is C15H28N2O4. The van der Waals surface area contributed by atoms with Crippen LogP contribution in [0.3, 0.4) is 0 Å². The SMILES string of the molecule is CCC(CNC(=O)NC1CCOC(CC)(CC)C1)C(=O)O. The number of carbonyl (C=O) groups excluding carboxylic acids is 1. The predicted molar refractivity (Wildman–Crippen MR) is 80.2 cm³/mol. The van der Waals surface area contributed by atoms with E-state index in [1.807, 2.05) is 0 Å². The second kappa shape index (κ2) is 8.22. The first-order valence-corrected chi connectivity index (χ1v) is 7.87. The molecule has 1 rings (SSSR count). The van der Waals surface area contributed by atoms with Gasteiger partial charge in [-0.25, -0.2) is 4.79 Å². The first-order valence-electron chi connectivity index (χ1n) is 7.87. The van der Waals surface area contributed by atoms with E-state index >= 15 is 0 Å². The lowest BCUT2D eigenvalue weighted by atomic mass is 9.86. The van der Waals surface area contributed by atoms with Crippen molar-refractivity contribution in [2.24, 2.45) is 5.92 Å². The van der Waals surface area contributed by atoms with Crippen LogP contribution >= 0.6 is 0 Å². The molecule has 122 valence electrons. The molecule has 2 unspecified atom stereocenters. The van der Waals surface area contributed by atoms with Crippen LogP contribution in [-0.2, 0) is 9.53 Å². The molecule has 0 aliphatic carbocycles. The Morgan fingerprint density at radius 1 is 1.33 bits per heavy atom. The van der Waals surface area contributed by atoms with E-state index in [1.54, 1.807) is 6.92 Å². The first kappa shape index (κ1) is 17.8. The van der Waals surface area contributed by atoms with Crippen LogP contribution in [0.1, 0.15) is 52.9 Å². The van der Waals surface area contributed by atoms with Crippen molar-refractivity contribution in [1.82, 2.24) is 10.6 Å². The molecule has 0 bridgehead atoms. The van der Waals surface area contributed by atoms with Crippen LogP contribution in [0.25, 0.3) is 0 Å². The highest BCUT2D eigenvalue weighted by Gasteiger charge is 2.35. The fourth-order valence-corrected chi connectivity index (χ4v) is 2.75. The predicted octanol–water partition coefficient (Wildman–Crippen LogP) is 2.13. The summed E-state index contributed by atoms with van der Waals surface area (Å²) in [6, 6.07) is -0.203. The van der Waals surface area contributed by atoms with Gasteiger partial charge >= 0.3 is 12.0 Å². The minimum absolute atomic E-state index is 0.0866. The van der Waals surface area contributed by atoms with E-state index in [0.29, 0.717) is 13.0 Å². The molecule has 0 aromatic rings. The van der Waals surface area contributed by atoms with Crippen molar-refractivity contribution < 1.29 is 19.4 Å². The van der Waals surface area contributed by atoms with Crippen LogP contribution in [-0.4, -0.2) is 41.9 Å². The van der Waals surface area contributed by atoms with Crippen LogP contribution in [0.4, 0.5) is 4.79 Å². The third-order valence-electron chi connectivity index (χ3n) is 4.47. The highest BCUT2D eigenvalue weighted by molar-refractivity contribution is 5.76. The van der Waals surface area contributed by atoms with Gasteiger partial charge in [-0.2, -0.15) is 0 Å². The molecule has 2 amide bonds. The smallest absolute Gasteiger partial charge is 0.315 e. The largest absolute Gasteiger partial charge is 0.481 e. The number of carboxylic acids is 1. The zero-order valence-electron chi connectivity index (χ0n) is 13.3. The van der Waals surface area contributed by atoms with E-state index in [-0.39, 0.29) is 24.2 Å². The Morgan fingerprint density at radius 3 is 2.52 bits per heavy atom. The third-order valence-corrected chi connectivity index (χ3v) is 4.47. The van der Waals surface area contributed by atoms with Gasteiger partial charge < -0.3 is 20.5 Å². The van der Waals surface area contributed by atoms with Crippen molar-refractivity contribution in [2.75, 3.05) is 13.2 Å². The molecule has 1 aliphatic heterocycles. The van der Waals surface area contributed by atoms with E-state index in [0.717, 1.165) is 25.7 Å². The first-order chi connectivity index (χ1) is 9.96. The lowest BCUT2D eigenvalue weighted by molar-refractivity contribution is -0.141. The van der Waals surface area contributed by atoms with E-state index in [2.05, 4.69) is 24.5 Å². The number of nitrogens with one attached hydrogen (secondary N) is 2. The zero-order valence-corrected chi connectivity index (χ0v) is 13.3. The summed E-state index contributed by atoms with van der Waals surface area (Å²) in [5, 5.41) is 14.5. The summed E-state index contributed by atoms with van der Waals surface area (Å²) >= 11 is 0. The number of amides is 2. The van der Waals surface area contributed by atoms with Gasteiger partial charge in [0.15, 0.2) is 0 Å². The van der Waals surface area contributed by atoms with Crippen molar-refractivity contribution in [1.29, 1.82) is 0 Å². The molecule has 3 N–H and O–H groups in total. The summed E-state index contributed by atoms with van der Waals surface area (Å²) in [6.07, 6.45) is 3.97. The van der Waals surface area contributed by atoms with Gasteiger partial charge in [0, 0.05) is 19.2 Å². The van der Waals surface area contributed by atoms with Gasteiger partial charge in [0.05, 0.1) is 11.5 Å². The Kier molecular flexibility index (Phi) is 6.95. The fourth-order valence-electron chi connectivity index (χ4n) is 2.75. The summed E-state index contributed by atoms with van der Waals surface area (Å²) < 4.78 is 5.87. The van der Waals surface area contributed by atoms with Gasteiger partial charge in [-0.1, -0.05) is 20.8 Å². The minimum atomic E-state index is -0.875. The standard InChI is InChI=1S/C15H28N2O4/c1-4-11(13(18)19)10-16-14(20)17-12-7-8-21-15(5-2,6-3)9-12/h11-12H,4-10H2,1-3H3,(H,18,19)(H2,16,17,20). The highest BCUT2D eigenvalue weighted by atomic mass is 16.5. The maximum Gasteiger partial charge on any atom is 0.315 e. The van der Waals surface area contributed by atoms with Crippen molar-refractivity contribution in [3.63, 3.8) is 0 Å². The molecule has 2 atom stereocenters. The van der Waals surface area contributed by atoms with Gasteiger partial charge in [0.25, 0.3) is 0 Å². The molecule has 21 heavy (non-hydrogen) atoms. The molecule has 6 nitrogen and oxygen atoms in total. The molecule has 0 spiro atoms. The van der Waals surface area contributed by atoms with Gasteiger partial charge in [0.2, 0.25) is 0 Å². The number of carbonyl (C=O) groups is 2. The molecular weight excluding hydrogens is 272 g/mol. The minimum Gasteiger partial charge on any atom is -0.481 e. The zero-order chi connectivity index (χ0) is 15.9. The Balaban J connectivity index is 2.42. The van der Waals surface area contributed by atoms with Crippen molar-refractivity contribution in [2.45, 2.75) is 64.5 Å². The van der Waals surface area contributed by atoms with Crippen molar-refractivity contribution in [3.05, 3.63) is 0 Å². The van der Waals surface area contributed by atoms with Crippen LogP contribution < -0.4 is 10.6 Å². The summed E-state index contributed by atoms with van der Waals surface area (Å²) in [4.78, 5) is 22.8. The van der Waals surface area contributed by atoms with E-state index in [1.165, 1.54) is 0 Å². The quantitative estimate of drug-likeness (QED) is 0.672. The van der Waals surface area contributed by atoms with Gasteiger partial charge in [-0.05, 0) is 32.1 Å². The van der Waals surface area contributed by atoms with Crippen LogP contribution in [0, 0.1) is 5.92 Å². The molecule has 6 heteroatoms. The van der Waals surface area contributed by atoms with Gasteiger partial charge in [-0.15, -0.1) is 0 Å². The Hall–Kier alpha value is -1.30. The van der Waals surface area contributed by atoms with Crippen molar-refractivity contribution in [3.8, 4) is 0 Å². The molecule has 1 aliphatic rings. The second-order valence-electron chi connectivity index (χ2n) is 5.73. The maximum atomic E-state index is 11.9. The molecule has 1 heterocycles. The summed E-state index contributed by atoms with van der Waals surface area (Å²) in [6.45, 7) is 6.82. The van der Waals surface area contributed by atoms with Gasteiger partial charge in [-0.3, -0.25) is 4.79 Å². The third kappa shape index (κ3) is 5.19. The topological polar surface area (TPSA) is 87.7 Å². The Labute approximate surface area is 126 Å². The van der Waals surface area contributed by atoms with Crippen LogP contribution in [0.15, 0.2) is 0 Å². The van der Waals surface area contributed by atoms with Crippen LogP contribution in [0.2, 0.25) is 0 Å². The number of aliphatic carboxylic acids is 1. The van der Waals surface area contributed by atoms with Crippen LogP contribution in [0.5, 0.6) is 0 Å². The maximum absolute atomic E-state index is 11.9. The Bertz CT molecular complexity index is 356. The van der Waals surface area contributed by atoms with Crippen molar-refractivity contribution >= 4 is 12.0 Å². The number of hydrogen-bond acceptors (Lipinski definition) is 3. The average molecular weight is 300 g/mol. The summed E-state index contributed by atoms with van der Waals surface area (Å²) in [5.41, 5.74) is -0.136. The molecule has 0 aromatic carbocycles. The summed E-state index contributed by atoms with van der Waals surface area (Å²) in [7, 11) is 0. The number of hydrogen-bond donors (Lipinski definition) is 3. The van der Waals surface area contributed by atoms with Gasteiger partial charge in [0.1, 0.15) is 0 Å².